The Morgan fingerprint density at radius 1 is 0.758 bits per heavy atom. The van der Waals surface area contributed by atoms with E-state index in [9.17, 15) is 0 Å². The Bertz CT molecular complexity index is 1260. The highest BCUT2D eigenvalue weighted by Crippen LogP contribution is 2.25. The molecule has 0 unspecified atom stereocenters. The van der Waals surface area contributed by atoms with E-state index in [2.05, 4.69) is 112 Å². The van der Waals surface area contributed by atoms with Crippen LogP contribution in [0.3, 0.4) is 0 Å². The molecule has 0 fully saturated rings. The maximum atomic E-state index is 6.06. The molecule has 0 saturated carbocycles. The molecule has 4 rings (SSSR count). The molecule has 0 atom stereocenters. The zero-order valence-electron chi connectivity index (χ0n) is 20.6. The number of rotatable bonds is 4. The van der Waals surface area contributed by atoms with Crippen molar-refractivity contribution in [1.82, 2.24) is 4.57 Å². The van der Waals surface area contributed by atoms with E-state index in [1.807, 2.05) is 12.1 Å². The van der Waals surface area contributed by atoms with Gasteiger partial charge in [0.2, 0.25) is 0 Å². The van der Waals surface area contributed by atoms with E-state index in [4.69, 9.17) is 12.2 Å². The molecule has 4 aromatic rings. The molecular weight excluding hydrogens is 422 g/mol. The minimum absolute atomic E-state index is 0.688. The number of nitrogens with one attached hydrogen (secondary N) is 1. The molecule has 0 aliphatic rings. The summed E-state index contributed by atoms with van der Waals surface area (Å²) >= 11 is 6.06. The average Bonchev–Trinajstić information content (AvgIpc) is 3.12. The number of imidazole rings is 1. The smallest absolute Gasteiger partial charge is 0.327 e. The van der Waals surface area contributed by atoms with E-state index in [1.165, 1.54) is 44.8 Å². The maximum absolute atomic E-state index is 6.06. The highest BCUT2D eigenvalue weighted by molar-refractivity contribution is 7.81. The highest BCUT2D eigenvalue weighted by Gasteiger charge is 2.29. The number of aromatic nitrogens is 2. The lowest BCUT2D eigenvalue weighted by Gasteiger charge is -2.15. The average molecular weight is 455 g/mol. The van der Waals surface area contributed by atoms with Crippen molar-refractivity contribution < 1.29 is 4.57 Å². The van der Waals surface area contributed by atoms with Crippen LogP contribution in [0.25, 0.3) is 11.4 Å². The number of hydrogen-bond acceptors (Lipinski definition) is 1. The molecule has 3 nitrogen and oxygen atoms in total. The van der Waals surface area contributed by atoms with Crippen molar-refractivity contribution in [2.45, 2.75) is 48.5 Å². The number of nitrogens with zero attached hydrogens (tertiary/aromatic N) is 2. The Morgan fingerprint density at radius 2 is 1.30 bits per heavy atom. The molecule has 33 heavy (non-hydrogen) atoms. The Morgan fingerprint density at radius 3 is 1.88 bits per heavy atom. The fraction of sp³-hybridized carbons (Fsp3) is 0.241. The van der Waals surface area contributed by atoms with Gasteiger partial charge in [-0.3, -0.25) is 0 Å². The van der Waals surface area contributed by atoms with Crippen molar-refractivity contribution in [1.29, 1.82) is 0 Å². The monoisotopic (exact) mass is 454 g/mol. The predicted molar refractivity (Wildman–Crippen MR) is 142 cm³/mol. The summed E-state index contributed by atoms with van der Waals surface area (Å²) in [6, 6.07) is 17.2. The van der Waals surface area contributed by atoms with Crippen LogP contribution >= 0.6 is 12.2 Å². The summed E-state index contributed by atoms with van der Waals surface area (Å²) in [7, 11) is 0. The van der Waals surface area contributed by atoms with Crippen molar-refractivity contribution in [2.75, 3.05) is 5.32 Å². The van der Waals surface area contributed by atoms with E-state index in [0.717, 1.165) is 17.1 Å². The molecule has 0 aliphatic heterocycles. The van der Waals surface area contributed by atoms with Gasteiger partial charge in [0.15, 0.2) is 4.99 Å². The number of aryl methyl sites for hydroxylation is 7. The van der Waals surface area contributed by atoms with Crippen LogP contribution in [0.4, 0.5) is 5.69 Å². The van der Waals surface area contributed by atoms with Crippen LogP contribution in [0, 0.1) is 48.5 Å². The normalized spacial score (nSPS) is 11.0. The lowest BCUT2D eigenvalue weighted by atomic mass is 10.0. The standard InChI is InChI=1S/C29H31N3S/c1-18-14-21(4)26(22(5)15-18)31-12-13-32(27-23(6)16-19(2)17-24(27)7)29(31)28(33)30-25-11-9-8-10-20(25)3/h8-17H,1-7H3/p+1. The molecule has 0 radical (unpaired) electrons. The molecule has 0 aliphatic carbocycles. The Kier molecular flexibility index (Phi) is 6.22. The van der Waals surface area contributed by atoms with Gasteiger partial charge in [-0.2, -0.15) is 9.13 Å². The molecule has 0 spiro atoms. The third kappa shape index (κ3) is 4.36. The van der Waals surface area contributed by atoms with E-state index in [-0.39, 0.29) is 0 Å². The van der Waals surface area contributed by atoms with Gasteiger partial charge in [0.1, 0.15) is 23.8 Å². The third-order valence-corrected chi connectivity index (χ3v) is 6.45. The Labute approximate surface area is 202 Å². The van der Waals surface area contributed by atoms with Crippen LogP contribution in [0.15, 0.2) is 60.9 Å². The largest absolute Gasteiger partial charge is 0.340 e. The first-order valence-corrected chi connectivity index (χ1v) is 11.7. The van der Waals surface area contributed by atoms with Gasteiger partial charge in [-0.25, -0.2) is 0 Å². The van der Waals surface area contributed by atoms with E-state index < -0.39 is 0 Å². The first-order chi connectivity index (χ1) is 15.7. The van der Waals surface area contributed by atoms with Gasteiger partial charge >= 0.3 is 5.82 Å². The van der Waals surface area contributed by atoms with Gasteiger partial charge in [0, 0.05) is 5.69 Å². The Hall–Kier alpha value is -3.24. The second-order valence-electron chi connectivity index (χ2n) is 9.13. The topological polar surface area (TPSA) is 20.8 Å². The molecule has 3 aromatic carbocycles. The van der Waals surface area contributed by atoms with Gasteiger partial charge in [-0.1, -0.05) is 65.8 Å². The number of thiocarbonyl (C=S) groups is 1. The predicted octanol–water partition coefficient (Wildman–Crippen LogP) is 6.70. The first-order valence-electron chi connectivity index (χ1n) is 11.3. The molecular formula is C29H32N3S+. The van der Waals surface area contributed by atoms with Gasteiger partial charge in [0.25, 0.3) is 0 Å². The van der Waals surface area contributed by atoms with E-state index in [1.54, 1.807) is 0 Å². The summed E-state index contributed by atoms with van der Waals surface area (Å²) in [6.45, 7) is 15.1. The van der Waals surface area contributed by atoms with Crippen molar-refractivity contribution in [3.05, 3.63) is 106 Å². The van der Waals surface area contributed by atoms with Crippen molar-refractivity contribution in [3.8, 4) is 11.4 Å². The molecule has 0 saturated heterocycles. The summed E-state index contributed by atoms with van der Waals surface area (Å²) in [5, 5.41) is 3.52. The molecule has 0 amide bonds. The molecule has 1 N–H and O–H groups in total. The number of benzene rings is 3. The molecule has 1 heterocycles. The molecule has 168 valence electrons. The lowest BCUT2D eigenvalue weighted by molar-refractivity contribution is -0.596. The van der Waals surface area contributed by atoms with Gasteiger partial charge in [-0.05, 0) is 82.3 Å². The number of hydrogen-bond donors (Lipinski definition) is 1. The van der Waals surface area contributed by atoms with Gasteiger partial charge < -0.3 is 5.32 Å². The van der Waals surface area contributed by atoms with Gasteiger partial charge in [-0.15, -0.1) is 0 Å². The van der Waals surface area contributed by atoms with Crippen LogP contribution in [-0.4, -0.2) is 9.56 Å². The van der Waals surface area contributed by atoms with Crippen molar-refractivity contribution in [3.63, 3.8) is 0 Å². The van der Waals surface area contributed by atoms with E-state index in [0.29, 0.717) is 4.99 Å². The highest BCUT2D eigenvalue weighted by atomic mass is 32.1. The summed E-state index contributed by atoms with van der Waals surface area (Å²) in [6.07, 6.45) is 4.26. The van der Waals surface area contributed by atoms with Crippen LogP contribution in [0.2, 0.25) is 0 Å². The van der Waals surface area contributed by atoms with Crippen LogP contribution in [-0.2, 0) is 0 Å². The second kappa shape index (κ2) is 8.95. The summed E-state index contributed by atoms with van der Waals surface area (Å²) < 4.78 is 4.47. The number of para-hydroxylation sites is 1. The summed E-state index contributed by atoms with van der Waals surface area (Å²) in [5.74, 6) is 0.943. The van der Waals surface area contributed by atoms with Crippen molar-refractivity contribution >= 4 is 22.9 Å². The quantitative estimate of drug-likeness (QED) is 0.274. The van der Waals surface area contributed by atoms with Crippen molar-refractivity contribution in [2.24, 2.45) is 0 Å². The fourth-order valence-electron chi connectivity index (χ4n) is 4.97. The molecule has 0 bridgehead atoms. The van der Waals surface area contributed by atoms with Crippen LogP contribution in [0.1, 0.15) is 44.8 Å². The van der Waals surface area contributed by atoms with Gasteiger partial charge in [0.05, 0.1) is 0 Å². The van der Waals surface area contributed by atoms with Crippen LogP contribution in [0.5, 0.6) is 0 Å². The first kappa shape index (κ1) is 22.9. The number of anilines is 1. The van der Waals surface area contributed by atoms with Crippen LogP contribution < -0.4 is 9.88 Å². The third-order valence-electron chi connectivity index (χ3n) is 6.17. The minimum atomic E-state index is 0.688. The molecule has 4 heteroatoms. The second-order valence-corrected chi connectivity index (χ2v) is 9.53. The SMILES string of the molecule is Cc1cc(C)c(-n2cc[n+](-c3c(C)cc(C)cc3C)c2C(=S)Nc2ccccc2C)c(C)c1. The zero-order valence-corrected chi connectivity index (χ0v) is 21.4. The fourth-order valence-corrected chi connectivity index (χ4v) is 5.27. The summed E-state index contributed by atoms with van der Waals surface area (Å²) in [4.78, 5) is 0.688. The Balaban J connectivity index is 1.97. The zero-order chi connectivity index (χ0) is 23.9. The summed E-state index contributed by atoms with van der Waals surface area (Å²) in [5.41, 5.74) is 12.0. The molecule has 1 aromatic heterocycles. The maximum Gasteiger partial charge on any atom is 0.327 e. The van der Waals surface area contributed by atoms with E-state index >= 15 is 0 Å². The minimum Gasteiger partial charge on any atom is -0.340 e. The lowest BCUT2D eigenvalue weighted by Crippen LogP contribution is -2.40.